The van der Waals surface area contributed by atoms with Crippen molar-refractivity contribution in [3.8, 4) is 0 Å². The smallest absolute Gasteiger partial charge is 0.244 e. The molecular formula is C14H17FN4O. The van der Waals surface area contributed by atoms with E-state index >= 15 is 0 Å². The van der Waals surface area contributed by atoms with Crippen LogP contribution in [0.5, 0.6) is 0 Å². The van der Waals surface area contributed by atoms with Gasteiger partial charge in [0.05, 0.1) is 11.4 Å². The normalized spacial score (nSPS) is 10.8. The van der Waals surface area contributed by atoms with Crippen molar-refractivity contribution in [2.75, 3.05) is 11.1 Å². The molecule has 20 heavy (non-hydrogen) atoms. The minimum Gasteiger partial charge on any atom is -0.397 e. The highest BCUT2D eigenvalue weighted by Crippen LogP contribution is 2.19. The van der Waals surface area contributed by atoms with E-state index in [0.717, 1.165) is 5.82 Å². The van der Waals surface area contributed by atoms with Crippen LogP contribution in [0.15, 0.2) is 30.6 Å². The minimum atomic E-state index is -0.444. The zero-order valence-electron chi connectivity index (χ0n) is 11.4. The number of nitrogens with one attached hydrogen (secondary N) is 1. The summed E-state index contributed by atoms with van der Waals surface area (Å²) in [5.74, 6) is 0.326. The number of nitrogen functional groups attached to an aromatic ring is 1. The Morgan fingerprint density at radius 1 is 1.50 bits per heavy atom. The van der Waals surface area contributed by atoms with Gasteiger partial charge in [-0.15, -0.1) is 0 Å². The Kier molecular flexibility index (Phi) is 4.02. The van der Waals surface area contributed by atoms with Crippen molar-refractivity contribution in [2.45, 2.75) is 26.3 Å². The van der Waals surface area contributed by atoms with E-state index in [0.29, 0.717) is 5.69 Å². The summed E-state index contributed by atoms with van der Waals surface area (Å²) in [6, 6.07) is 3.87. The van der Waals surface area contributed by atoms with Gasteiger partial charge in [0.25, 0.3) is 0 Å². The lowest BCUT2D eigenvalue weighted by atomic mass is 10.2. The number of carbonyl (C=O) groups is 1. The number of hydrogen-bond donors (Lipinski definition) is 2. The average molecular weight is 276 g/mol. The monoisotopic (exact) mass is 276 g/mol. The molecule has 2 aromatic rings. The van der Waals surface area contributed by atoms with E-state index in [1.165, 1.54) is 18.2 Å². The molecule has 0 atom stereocenters. The van der Waals surface area contributed by atoms with Crippen molar-refractivity contribution in [3.05, 3.63) is 42.2 Å². The third kappa shape index (κ3) is 3.14. The summed E-state index contributed by atoms with van der Waals surface area (Å²) >= 11 is 0. The van der Waals surface area contributed by atoms with Crippen molar-refractivity contribution in [1.82, 2.24) is 9.55 Å². The van der Waals surface area contributed by atoms with Crippen LogP contribution in [-0.4, -0.2) is 15.5 Å². The second-order valence-electron chi connectivity index (χ2n) is 4.85. The molecule has 3 N–H and O–H groups in total. The van der Waals surface area contributed by atoms with Crippen LogP contribution in [0.1, 0.15) is 25.6 Å². The number of nitrogens with two attached hydrogens (primary N) is 1. The summed E-state index contributed by atoms with van der Waals surface area (Å²) in [5.41, 5.74) is 6.30. The summed E-state index contributed by atoms with van der Waals surface area (Å²) < 4.78 is 14.9. The van der Waals surface area contributed by atoms with Crippen molar-refractivity contribution in [2.24, 2.45) is 0 Å². The minimum absolute atomic E-state index is 0.115. The first-order valence-electron chi connectivity index (χ1n) is 6.33. The lowest BCUT2D eigenvalue weighted by molar-refractivity contribution is -0.116. The van der Waals surface area contributed by atoms with Crippen molar-refractivity contribution in [3.63, 3.8) is 0 Å². The summed E-state index contributed by atoms with van der Waals surface area (Å²) in [6.45, 7) is 4.12. The molecule has 1 amide bonds. The zero-order chi connectivity index (χ0) is 14.7. The van der Waals surface area contributed by atoms with E-state index in [2.05, 4.69) is 10.3 Å². The van der Waals surface area contributed by atoms with Crippen molar-refractivity contribution in [1.29, 1.82) is 0 Å². The fraction of sp³-hybridized carbons (Fsp3) is 0.286. The van der Waals surface area contributed by atoms with Crippen LogP contribution in [-0.2, 0) is 11.3 Å². The molecule has 0 radical (unpaired) electrons. The summed E-state index contributed by atoms with van der Waals surface area (Å²) in [7, 11) is 0. The maximum Gasteiger partial charge on any atom is 0.244 e. The molecule has 0 unspecified atom stereocenters. The Labute approximate surface area is 116 Å². The van der Waals surface area contributed by atoms with E-state index in [9.17, 15) is 9.18 Å². The van der Waals surface area contributed by atoms with Gasteiger partial charge in [0, 0.05) is 18.3 Å². The molecule has 1 aromatic heterocycles. The number of carbonyl (C=O) groups excluding carboxylic acids is 1. The van der Waals surface area contributed by atoms with E-state index in [-0.39, 0.29) is 24.1 Å². The van der Waals surface area contributed by atoms with Crippen LogP contribution in [0.3, 0.4) is 0 Å². The molecule has 1 heterocycles. The number of nitrogens with zero attached hydrogens (tertiary/aromatic N) is 2. The highest BCUT2D eigenvalue weighted by Gasteiger charge is 2.12. The quantitative estimate of drug-likeness (QED) is 0.842. The molecule has 0 aliphatic heterocycles. The van der Waals surface area contributed by atoms with Gasteiger partial charge in [-0.2, -0.15) is 0 Å². The van der Waals surface area contributed by atoms with Gasteiger partial charge in [-0.3, -0.25) is 4.79 Å². The number of benzene rings is 1. The van der Waals surface area contributed by atoms with Gasteiger partial charge in [-0.05, 0) is 18.2 Å². The van der Waals surface area contributed by atoms with Gasteiger partial charge < -0.3 is 15.6 Å². The summed E-state index contributed by atoms with van der Waals surface area (Å²) in [4.78, 5) is 16.2. The van der Waals surface area contributed by atoms with Crippen LogP contribution in [0.4, 0.5) is 15.8 Å². The van der Waals surface area contributed by atoms with Crippen molar-refractivity contribution < 1.29 is 9.18 Å². The SMILES string of the molecule is CC(C)c1nccn1CC(=O)Nc1cc(F)ccc1N. The summed E-state index contributed by atoms with van der Waals surface area (Å²) in [6.07, 6.45) is 3.39. The van der Waals surface area contributed by atoms with E-state index < -0.39 is 5.82 Å². The molecule has 0 aliphatic carbocycles. The number of anilines is 2. The molecule has 2 rings (SSSR count). The van der Waals surface area contributed by atoms with Crippen LogP contribution >= 0.6 is 0 Å². The fourth-order valence-corrected chi connectivity index (χ4v) is 1.94. The first-order chi connectivity index (χ1) is 9.47. The molecule has 0 fully saturated rings. The molecule has 0 saturated heterocycles. The highest BCUT2D eigenvalue weighted by molar-refractivity contribution is 5.93. The molecule has 0 spiro atoms. The van der Waals surface area contributed by atoms with Crippen LogP contribution < -0.4 is 11.1 Å². The number of amides is 1. The molecule has 0 aliphatic rings. The van der Waals surface area contributed by atoms with Crippen LogP contribution in [0.2, 0.25) is 0 Å². The van der Waals surface area contributed by atoms with Crippen LogP contribution in [0.25, 0.3) is 0 Å². The fourth-order valence-electron chi connectivity index (χ4n) is 1.94. The second kappa shape index (κ2) is 5.73. The summed E-state index contributed by atoms with van der Waals surface area (Å²) in [5, 5.41) is 2.60. The molecule has 106 valence electrons. The van der Waals surface area contributed by atoms with E-state index in [4.69, 9.17) is 5.73 Å². The van der Waals surface area contributed by atoms with Gasteiger partial charge in [-0.1, -0.05) is 13.8 Å². The number of halogens is 1. The lowest BCUT2D eigenvalue weighted by Crippen LogP contribution is -2.20. The first kappa shape index (κ1) is 14.0. The predicted molar refractivity (Wildman–Crippen MR) is 75.8 cm³/mol. The lowest BCUT2D eigenvalue weighted by Gasteiger charge is -2.11. The highest BCUT2D eigenvalue weighted by atomic mass is 19.1. The molecule has 1 aromatic carbocycles. The maximum absolute atomic E-state index is 13.1. The molecular weight excluding hydrogens is 259 g/mol. The average Bonchev–Trinajstić information content (AvgIpc) is 2.82. The Morgan fingerprint density at radius 3 is 2.95 bits per heavy atom. The number of rotatable bonds is 4. The van der Waals surface area contributed by atoms with E-state index in [1.807, 2.05) is 13.8 Å². The van der Waals surface area contributed by atoms with Gasteiger partial charge in [0.15, 0.2) is 0 Å². The predicted octanol–water partition coefficient (Wildman–Crippen LogP) is 2.37. The van der Waals surface area contributed by atoms with Gasteiger partial charge in [0.2, 0.25) is 5.91 Å². The third-order valence-electron chi connectivity index (χ3n) is 2.87. The van der Waals surface area contributed by atoms with Gasteiger partial charge in [0.1, 0.15) is 18.2 Å². The Balaban J connectivity index is 2.09. The number of aromatic nitrogens is 2. The van der Waals surface area contributed by atoms with Crippen molar-refractivity contribution >= 4 is 17.3 Å². The zero-order valence-corrected chi connectivity index (χ0v) is 11.4. The van der Waals surface area contributed by atoms with Crippen LogP contribution in [0, 0.1) is 5.82 Å². The second-order valence-corrected chi connectivity index (χ2v) is 4.85. The Morgan fingerprint density at radius 2 is 2.25 bits per heavy atom. The Hall–Kier alpha value is -2.37. The largest absolute Gasteiger partial charge is 0.397 e. The topological polar surface area (TPSA) is 72.9 Å². The maximum atomic E-state index is 13.1. The Bertz CT molecular complexity index is 621. The molecule has 6 heteroatoms. The molecule has 0 saturated carbocycles. The third-order valence-corrected chi connectivity index (χ3v) is 2.87. The van der Waals surface area contributed by atoms with E-state index in [1.54, 1.807) is 17.0 Å². The standard InChI is InChI=1S/C14H17FN4O/c1-9(2)14-17-5-6-19(14)8-13(20)18-12-7-10(15)3-4-11(12)16/h3-7,9H,8,16H2,1-2H3,(H,18,20). The van der Waals surface area contributed by atoms with Gasteiger partial charge in [-0.25, -0.2) is 9.37 Å². The molecule has 0 bridgehead atoms. The first-order valence-corrected chi connectivity index (χ1v) is 6.33. The number of hydrogen-bond acceptors (Lipinski definition) is 3. The number of imidazole rings is 1. The van der Waals surface area contributed by atoms with Gasteiger partial charge >= 0.3 is 0 Å². The molecule has 5 nitrogen and oxygen atoms in total.